The van der Waals surface area contributed by atoms with Gasteiger partial charge in [0.05, 0.1) is 33.7 Å². The van der Waals surface area contributed by atoms with Gasteiger partial charge in [0.15, 0.2) is 5.75 Å². The number of carbonyl (C=O) groups excluding carboxylic acids is 1. The van der Waals surface area contributed by atoms with Crippen LogP contribution in [0.4, 0.5) is 62.6 Å². The standard InChI is InChI=1S/C60H45N9O4.C20H18N.CH3.Y/c1-2-35-12-6-9-17-49(35)69-73-34-38-32-36-20-30-46-44-15-7-10-18-50(44)63-54(46)52(36)56(58(38)70)67-65-42-26-22-40(23-27-42)61-41-24-28-43(29-25-41)66-68-57-53-37(21-31-47-45-16-8-11-19-51(45)64-55(47)53)33-48(59(57)71)60(72)62-39-13-4-3-5-14-39;1-16-8-12-19(13-9-16)21(18-6-4-3-5-7-18)20-14-10-17(2)11-15-20;;/h3-33,61,63-64,69-71H,2,34H2,1H3,(H,62,72);4-15H,1-2H3;1H3;/q;2*-1;. The summed E-state index contributed by atoms with van der Waals surface area (Å²) in [5, 5.41) is 55.6. The van der Waals surface area contributed by atoms with Gasteiger partial charge in [-0.05, 0) is 152 Å². The first-order valence-electron chi connectivity index (χ1n) is 31.0. The third-order valence-corrected chi connectivity index (χ3v) is 16.7. The number of hydrogen-bond donors (Lipinski definition) is 7. The predicted molar refractivity (Wildman–Crippen MR) is 389 cm³/mol. The molecule has 2 aromatic heterocycles. The zero-order valence-electron chi connectivity index (χ0n) is 53.3. The largest absolute Gasteiger partial charge is 0.505 e. The van der Waals surface area contributed by atoms with E-state index in [1.807, 2.05) is 164 Å². The summed E-state index contributed by atoms with van der Waals surface area (Å²) in [5.41, 5.74) is 19.1. The molecule has 0 saturated carbocycles. The van der Waals surface area contributed by atoms with Crippen LogP contribution in [0, 0.1) is 27.3 Å². The maximum Gasteiger partial charge on any atom is 0.259 e. The molecule has 0 saturated heterocycles. The van der Waals surface area contributed by atoms with Crippen LogP contribution in [-0.4, -0.2) is 26.1 Å². The van der Waals surface area contributed by atoms with Gasteiger partial charge in [-0.15, -0.1) is 22.4 Å². The average molecular weight is 1330 g/mol. The van der Waals surface area contributed by atoms with Crippen LogP contribution in [0.2, 0.25) is 0 Å². The number of hydrogen-bond acceptors (Lipinski definition) is 11. The number of nitrogens with one attached hydrogen (secondary N) is 5. The molecule has 0 aliphatic heterocycles. The summed E-state index contributed by atoms with van der Waals surface area (Å²) < 4.78 is 0. The molecule has 15 rings (SSSR count). The number of carbonyl (C=O) groups is 1. The Morgan fingerprint density at radius 3 is 1.54 bits per heavy atom. The van der Waals surface area contributed by atoms with Gasteiger partial charge >= 0.3 is 0 Å². The van der Waals surface area contributed by atoms with Crippen molar-refractivity contribution in [3.8, 4) is 11.5 Å². The molecule has 0 aliphatic rings. The van der Waals surface area contributed by atoms with Crippen LogP contribution >= 0.6 is 0 Å². The van der Waals surface area contributed by atoms with E-state index in [9.17, 15) is 15.0 Å². The summed E-state index contributed by atoms with van der Waals surface area (Å²) in [5.74, 6) is -0.778. The SMILES string of the molecule is CCc1ccccc1NOCc1cc2ccc3c4ccccc4[nH]c3c2c(N=Nc2ccc(Nc3ccc(N=Nc4c(O)c(C(=O)Nc5ccccc5)cc5ccc6c7ccccc7[nH]c6c45)cc3)cc2)c1O.Cc1ccc(N(c2cc[c-]cc2)c2ccc(C)cc2)cc1.[CH3-].[Y]. The predicted octanol–water partition coefficient (Wildman–Crippen LogP) is 22.6. The fourth-order valence-corrected chi connectivity index (χ4v) is 11.9. The Morgan fingerprint density at radius 2 is 0.990 bits per heavy atom. The van der Waals surface area contributed by atoms with E-state index in [0.717, 1.165) is 100 Å². The average Bonchev–Trinajstić information content (AvgIpc) is 1.48. The number of nitrogens with zero attached hydrogens (tertiary/aromatic N) is 5. The van der Waals surface area contributed by atoms with E-state index in [-0.39, 0.29) is 69.5 Å². The number of H-pyrrole nitrogens is 2. The van der Waals surface area contributed by atoms with Crippen molar-refractivity contribution < 1.29 is 52.6 Å². The molecule has 0 fully saturated rings. The van der Waals surface area contributed by atoms with E-state index in [4.69, 9.17) is 9.95 Å². The Morgan fingerprint density at radius 1 is 0.500 bits per heavy atom. The first kappa shape index (κ1) is 64.8. The van der Waals surface area contributed by atoms with E-state index in [1.54, 1.807) is 18.2 Å². The number of para-hydroxylation sites is 4. The van der Waals surface area contributed by atoms with Crippen molar-refractivity contribution in [3.63, 3.8) is 0 Å². The number of benzene rings is 13. The van der Waals surface area contributed by atoms with E-state index in [0.29, 0.717) is 39.1 Å². The molecule has 13 aromatic carbocycles. The molecule has 96 heavy (non-hydrogen) atoms. The van der Waals surface area contributed by atoms with E-state index < -0.39 is 5.91 Å². The topological polar surface area (TPSA) is 187 Å². The van der Waals surface area contributed by atoms with Crippen LogP contribution in [0.25, 0.3) is 65.2 Å². The first-order valence-corrected chi connectivity index (χ1v) is 31.0. The number of aryl methyl sites for hydroxylation is 3. The van der Waals surface area contributed by atoms with Crippen molar-refractivity contribution in [2.24, 2.45) is 20.5 Å². The summed E-state index contributed by atoms with van der Waals surface area (Å²) in [7, 11) is 0. The van der Waals surface area contributed by atoms with Gasteiger partial charge in [-0.25, -0.2) is 0 Å². The number of aromatic nitrogens is 2. The van der Waals surface area contributed by atoms with Crippen LogP contribution in [-0.2, 0) is 50.6 Å². The molecule has 1 radical (unpaired) electrons. The quantitative estimate of drug-likeness (QED) is 0.0285. The molecule has 0 bridgehead atoms. The van der Waals surface area contributed by atoms with Gasteiger partial charge in [0.1, 0.15) is 23.7 Å². The monoisotopic (exact) mass is 1330 g/mol. The molecule has 0 spiro atoms. The third kappa shape index (κ3) is 13.6. The number of amides is 1. The molecule has 1 amide bonds. The Bertz CT molecular complexity index is 5290. The molecule has 0 atom stereocenters. The molecular weight excluding hydrogens is 1270 g/mol. The second-order valence-electron chi connectivity index (χ2n) is 23.0. The zero-order chi connectivity index (χ0) is 64.1. The maximum atomic E-state index is 13.6. The van der Waals surface area contributed by atoms with Gasteiger partial charge in [0.25, 0.3) is 5.91 Å². The second kappa shape index (κ2) is 28.9. The van der Waals surface area contributed by atoms with Crippen LogP contribution in [0.1, 0.15) is 39.5 Å². The molecule has 7 N–H and O–H groups in total. The van der Waals surface area contributed by atoms with Crippen LogP contribution in [0.15, 0.2) is 281 Å². The number of azo groups is 2. The summed E-state index contributed by atoms with van der Waals surface area (Å²) in [6.45, 7) is 6.39. The third-order valence-electron chi connectivity index (χ3n) is 16.7. The number of rotatable bonds is 16. The molecule has 2 heterocycles. The fourth-order valence-electron chi connectivity index (χ4n) is 11.9. The minimum absolute atomic E-state index is 0. The molecule has 0 aliphatic carbocycles. The van der Waals surface area contributed by atoms with Crippen molar-refractivity contribution in [1.29, 1.82) is 0 Å². The van der Waals surface area contributed by atoms with Crippen LogP contribution in [0.5, 0.6) is 11.5 Å². The number of phenols is 2. The number of aromatic amines is 2. The van der Waals surface area contributed by atoms with Crippen LogP contribution < -0.4 is 21.0 Å². The Kier molecular flexibility index (Phi) is 19.5. The van der Waals surface area contributed by atoms with Crippen molar-refractivity contribution >= 4 is 134 Å². The summed E-state index contributed by atoms with van der Waals surface area (Å²) in [6.07, 6.45) is 0.844. The van der Waals surface area contributed by atoms with Crippen LogP contribution in [0.3, 0.4) is 0 Å². The Balaban J connectivity index is 0.000000326. The normalized spacial score (nSPS) is 11.3. The first-order chi connectivity index (χ1) is 46.1. The second-order valence-corrected chi connectivity index (χ2v) is 23.0. The van der Waals surface area contributed by atoms with Crippen molar-refractivity contribution in [2.75, 3.05) is 21.0 Å². The molecule has 15 aromatic rings. The Hall–Kier alpha value is -11.3. The van der Waals surface area contributed by atoms with Crippen molar-refractivity contribution in [2.45, 2.75) is 33.8 Å². The zero-order valence-corrected chi connectivity index (χ0v) is 56.1. The minimum atomic E-state index is -0.473. The van der Waals surface area contributed by atoms with Gasteiger partial charge in [0.2, 0.25) is 0 Å². The van der Waals surface area contributed by atoms with E-state index in [1.165, 1.54) is 11.1 Å². The molecule has 0 unspecified atom stereocenters. The number of anilines is 7. The maximum absolute atomic E-state index is 13.6. The summed E-state index contributed by atoms with van der Waals surface area (Å²) in [4.78, 5) is 28.9. The summed E-state index contributed by atoms with van der Waals surface area (Å²) in [6, 6.07) is 88.1. The van der Waals surface area contributed by atoms with Crippen molar-refractivity contribution in [3.05, 3.63) is 302 Å². The number of fused-ring (bicyclic) bond motifs is 10. The number of aromatic hydroxyl groups is 2. The van der Waals surface area contributed by atoms with E-state index in [2.05, 4.69) is 152 Å². The molecule has 469 valence electrons. The van der Waals surface area contributed by atoms with E-state index >= 15 is 0 Å². The summed E-state index contributed by atoms with van der Waals surface area (Å²) >= 11 is 0. The molecule has 15 heteroatoms. The smallest absolute Gasteiger partial charge is 0.259 e. The van der Waals surface area contributed by atoms with Crippen molar-refractivity contribution in [1.82, 2.24) is 9.97 Å². The van der Waals surface area contributed by atoms with Gasteiger partial charge in [0, 0.05) is 110 Å². The molecular formula is C81H66N10O4Y-2. The molecule has 14 nitrogen and oxygen atoms in total. The van der Waals surface area contributed by atoms with Gasteiger partial charge in [-0.3, -0.25) is 15.1 Å². The Labute approximate surface area is 580 Å². The van der Waals surface area contributed by atoms with Gasteiger partial charge < -0.3 is 43.1 Å². The van der Waals surface area contributed by atoms with Gasteiger partial charge in [-0.1, -0.05) is 145 Å². The van der Waals surface area contributed by atoms with Gasteiger partial charge in [-0.2, -0.15) is 28.4 Å². The minimum Gasteiger partial charge on any atom is -0.505 e. The number of phenolic OH excluding ortho intramolecular Hbond substituents is 2. The fraction of sp³-hybridized carbons (Fsp3) is 0.0617.